The number of amides is 4. The summed E-state index contributed by atoms with van der Waals surface area (Å²) in [5.41, 5.74) is 2.05. The molecule has 25 heavy (non-hydrogen) atoms. The summed E-state index contributed by atoms with van der Waals surface area (Å²) >= 11 is 0. The number of aryl methyl sites for hydroxylation is 1. The van der Waals surface area contributed by atoms with Gasteiger partial charge in [0, 0.05) is 18.4 Å². The third kappa shape index (κ3) is 3.30. The van der Waals surface area contributed by atoms with Crippen LogP contribution in [0.5, 0.6) is 0 Å². The average Bonchev–Trinajstić information content (AvgIpc) is 2.82. The van der Waals surface area contributed by atoms with Gasteiger partial charge in [0.15, 0.2) is 0 Å². The Hall–Kier alpha value is -3.35. The zero-order valence-corrected chi connectivity index (χ0v) is 13.8. The highest BCUT2D eigenvalue weighted by molar-refractivity contribution is 6.14. The first-order chi connectivity index (χ1) is 12.0. The molecule has 128 valence electrons. The summed E-state index contributed by atoms with van der Waals surface area (Å²) in [5, 5.41) is 2.55. The van der Waals surface area contributed by atoms with Crippen molar-refractivity contribution in [2.75, 3.05) is 17.3 Å². The molecule has 7 heteroatoms. The van der Waals surface area contributed by atoms with Crippen LogP contribution in [0.15, 0.2) is 54.6 Å². The molecule has 3 rings (SSSR count). The van der Waals surface area contributed by atoms with Crippen LogP contribution in [0.1, 0.15) is 5.56 Å². The number of rotatable bonds is 3. The van der Waals surface area contributed by atoms with Gasteiger partial charge in [0.2, 0.25) is 0 Å². The van der Waals surface area contributed by atoms with Crippen LogP contribution in [-0.4, -0.2) is 36.2 Å². The maximum absolute atomic E-state index is 12.3. The number of carbonyl (C=O) groups excluding carboxylic acids is 3. The van der Waals surface area contributed by atoms with Gasteiger partial charge >= 0.3 is 12.1 Å². The smallest absolute Gasteiger partial charge is 0.414 e. The van der Waals surface area contributed by atoms with E-state index in [9.17, 15) is 14.4 Å². The first-order valence-corrected chi connectivity index (χ1v) is 7.67. The number of carbonyl (C=O) groups is 3. The molecule has 0 saturated carbocycles. The number of hydrogen-bond donors (Lipinski definition) is 1. The molecule has 1 unspecified atom stereocenters. The van der Waals surface area contributed by atoms with Gasteiger partial charge in [0.05, 0.1) is 0 Å². The molecule has 1 atom stereocenters. The molecule has 1 N–H and O–H groups in total. The second-order valence-electron chi connectivity index (χ2n) is 5.63. The van der Waals surface area contributed by atoms with E-state index in [-0.39, 0.29) is 0 Å². The molecule has 1 fully saturated rings. The predicted molar refractivity (Wildman–Crippen MR) is 92.2 cm³/mol. The maximum Gasteiger partial charge on any atom is 0.414 e. The lowest BCUT2D eigenvalue weighted by Gasteiger charge is -2.21. The van der Waals surface area contributed by atoms with Crippen LogP contribution in [0, 0.1) is 6.92 Å². The van der Waals surface area contributed by atoms with E-state index < -0.39 is 24.3 Å². The average molecular weight is 339 g/mol. The monoisotopic (exact) mass is 339 g/mol. The van der Waals surface area contributed by atoms with Crippen molar-refractivity contribution in [1.29, 1.82) is 0 Å². The van der Waals surface area contributed by atoms with E-state index in [0.29, 0.717) is 11.4 Å². The summed E-state index contributed by atoms with van der Waals surface area (Å²) in [6.45, 7) is 1.93. The number of anilines is 2. The van der Waals surface area contributed by atoms with Crippen LogP contribution in [0.4, 0.5) is 21.0 Å². The number of ether oxygens (including phenoxy) is 1. The quantitative estimate of drug-likeness (QED) is 0.872. The van der Waals surface area contributed by atoms with E-state index in [1.807, 2.05) is 19.1 Å². The molecule has 1 heterocycles. The van der Waals surface area contributed by atoms with Gasteiger partial charge in [-0.25, -0.2) is 14.5 Å². The van der Waals surface area contributed by atoms with Crippen LogP contribution in [0.25, 0.3) is 0 Å². The van der Waals surface area contributed by atoms with Crippen molar-refractivity contribution >= 4 is 29.4 Å². The van der Waals surface area contributed by atoms with Crippen molar-refractivity contribution in [2.24, 2.45) is 0 Å². The van der Waals surface area contributed by atoms with Crippen LogP contribution >= 0.6 is 0 Å². The first kappa shape index (κ1) is 16.5. The number of urea groups is 1. The third-order valence-corrected chi connectivity index (χ3v) is 3.82. The Labute approximate surface area is 144 Å². The lowest BCUT2D eigenvalue weighted by molar-refractivity contribution is -0.132. The van der Waals surface area contributed by atoms with Crippen molar-refractivity contribution in [3.63, 3.8) is 0 Å². The van der Waals surface area contributed by atoms with E-state index in [0.717, 1.165) is 15.4 Å². The summed E-state index contributed by atoms with van der Waals surface area (Å²) in [6, 6.07) is 15.1. The van der Waals surface area contributed by atoms with Gasteiger partial charge in [-0.3, -0.25) is 15.0 Å². The number of likely N-dealkylation sites (N-methyl/N-ethyl adjacent to an activating group) is 1. The molecule has 7 nitrogen and oxygen atoms in total. The zero-order valence-electron chi connectivity index (χ0n) is 13.8. The minimum Gasteiger partial charge on any atom is -0.415 e. The van der Waals surface area contributed by atoms with E-state index in [1.165, 1.54) is 7.05 Å². The molecule has 0 aliphatic carbocycles. The Morgan fingerprint density at radius 1 is 1.04 bits per heavy atom. The maximum atomic E-state index is 12.3. The Morgan fingerprint density at radius 3 is 2.32 bits per heavy atom. The Morgan fingerprint density at radius 2 is 1.68 bits per heavy atom. The topological polar surface area (TPSA) is 79.0 Å². The molecule has 0 radical (unpaired) electrons. The number of nitrogens with zero attached hydrogens (tertiary/aromatic N) is 2. The zero-order chi connectivity index (χ0) is 18.0. The third-order valence-electron chi connectivity index (χ3n) is 3.82. The van der Waals surface area contributed by atoms with Gasteiger partial charge in [0.1, 0.15) is 0 Å². The van der Waals surface area contributed by atoms with Gasteiger partial charge in [-0.1, -0.05) is 35.9 Å². The van der Waals surface area contributed by atoms with E-state index in [1.54, 1.807) is 42.5 Å². The molecule has 1 saturated heterocycles. The van der Waals surface area contributed by atoms with Crippen molar-refractivity contribution in [3.8, 4) is 0 Å². The van der Waals surface area contributed by atoms with Crippen molar-refractivity contribution < 1.29 is 19.1 Å². The minimum atomic E-state index is -1.34. The number of para-hydroxylation sites is 1. The van der Waals surface area contributed by atoms with Crippen molar-refractivity contribution in [2.45, 2.75) is 13.2 Å². The van der Waals surface area contributed by atoms with E-state index >= 15 is 0 Å². The summed E-state index contributed by atoms with van der Waals surface area (Å²) in [6.07, 6.45) is -2.16. The molecule has 1 aliphatic heterocycles. The highest BCUT2D eigenvalue weighted by Gasteiger charge is 2.46. The normalized spacial score (nSPS) is 17.0. The minimum absolute atomic E-state index is 0.471. The summed E-state index contributed by atoms with van der Waals surface area (Å²) < 4.78 is 5.23. The van der Waals surface area contributed by atoms with Crippen molar-refractivity contribution in [1.82, 2.24) is 4.90 Å². The molecule has 0 bridgehead atoms. The van der Waals surface area contributed by atoms with Crippen molar-refractivity contribution in [3.05, 3.63) is 60.2 Å². The molecule has 0 spiro atoms. The molecular weight excluding hydrogens is 322 g/mol. The Balaban J connectivity index is 1.78. The Bertz CT molecular complexity index is 805. The number of imide groups is 1. The first-order valence-electron chi connectivity index (χ1n) is 7.67. The highest BCUT2D eigenvalue weighted by Crippen LogP contribution is 2.25. The van der Waals surface area contributed by atoms with Crippen LogP contribution < -0.4 is 10.2 Å². The standard InChI is InChI=1S/C18H17N3O4/c1-12-8-10-13(11-9-12)19-17(23)25-16-15(22)20(2)18(24)21(16)14-6-4-3-5-7-14/h3-11,16H,1-2H3,(H,19,23). The van der Waals surface area contributed by atoms with E-state index in [2.05, 4.69) is 5.32 Å². The molecular formula is C18H17N3O4. The fraction of sp³-hybridized carbons (Fsp3) is 0.167. The number of benzene rings is 2. The SMILES string of the molecule is Cc1ccc(NC(=O)OC2C(=O)N(C)C(=O)N2c2ccccc2)cc1. The lowest BCUT2D eigenvalue weighted by atomic mass is 10.2. The summed E-state index contributed by atoms with van der Waals surface area (Å²) in [5.74, 6) is -0.604. The molecule has 2 aromatic carbocycles. The van der Waals surface area contributed by atoms with Crippen LogP contribution in [0.3, 0.4) is 0 Å². The number of nitrogens with one attached hydrogen (secondary N) is 1. The van der Waals surface area contributed by atoms with E-state index in [4.69, 9.17) is 4.74 Å². The summed E-state index contributed by atoms with van der Waals surface area (Å²) in [7, 11) is 1.35. The fourth-order valence-electron chi connectivity index (χ4n) is 2.46. The molecule has 0 aromatic heterocycles. The van der Waals surface area contributed by atoms with Gasteiger partial charge in [-0.05, 0) is 31.2 Å². The highest BCUT2D eigenvalue weighted by atomic mass is 16.6. The van der Waals surface area contributed by atoms with Crippen LogP contribution in [0.2, 0.25) is 0 Å². The van der Waals surface area contributed by atoms with Gasteiger partial charge in [0.25, 0.3) is 12.1 Å². The Kier molecular flexibility index (Phi) is 4.38. The molecule has 4 amide bonds. The van der Waals surface area contributed by atoms with Gasteiger partial charge in [-0.2, -0.15) is 0 Å². The fourth-order valence-corrected chi connectivity index (χ4v) is 2.46. The molecule has 1 aliphatic rings. The lowest BCUT2D eigenvalue weighted by Crippen LogP contribution is -2.39. The van der Waals surface area contributed by atoms with Gasteiger partial charge in [-0.15, -0.1) is 0 Å². The predicted octanol–water partition coefficient (Wildman–Crippen LogP) is 2.97. The largest absolute Gasteiger partial charge is 0.415 e. The number of hydrogen-bond acceptors (Lipinski definition) is 4. The second kappa shape index (κ2) is 6.64. The summed E-state index contributed by atoms with van der Waals surface area (Å²) in [4.78, 5) is 38.8. The van der Waals surface area contributed by atoms with Crippen LogP contribution in [-0.2, 0) is 9.53 Å². The second-order valence-corrected chi connectivity index (χ2v) is 5.63. The molecule has 2 aromatic rings. The van der Waals surface area contributed by atoms with Gasteiger partial charge < -0.3 is 4.74 Å².